The zero-order chi connectivity index (χ0) is 9.26. The Hall–Kier alpha value is -1.51. The third kappa shape index (κ3) is 1.37. The number of aromatic hydroxyl groups is 1. The lowest BCUT2D eigenvalue weighted by molar-refractivity contribution is 0.348. The van der Waals surface area contributed by atoms with Gasteiger partial charge in [0.05, 0.1) is 6.54 Å². The number of rotatable bonds is 1. The maximum atomic E-state index is 9.45. The van der Waals surface area contributed by atoms with E-state index >= 15 is 0 Å². The number of phenolic OH excluding ortho intramolecular Hbond substituents is 1. The van der Waals surface area contributed by atoms with E-state index in [0.717, 1.165) is 11.1 Å². The summed E-state index contributed by atoms with van der Waals surface area (Å²) in [6.07, 6.45) is 0. The summed E-state index contributed by atoms with van der Waals surface area (Å²) in [5.41, 5.74) is 1.71. The van der Waals surface area contributed by atoms with E-state index in [9.17, 15) is 5.11 Å². The molecule has 0 radical (unpaired) electrons. The summed E-state index contributed by atoms with van der Waals surface area (Å²) >= 11 is 0. The molecular weight excluding hydrogens is 166 g/mol. The van der Waals surface area contributed by atoms with Gasteiger partial charge in [-0.2, -0.15) is 0 Å². The molecule has 0 aromatic heterocycles. The summed E-state index contributed by atoms with van der Waals surface area (Å²) in [6, 6.07) is 5.36. The number of aliphatic imine (C=N–C) groups is 1. The van der Waals surface area contributed by atoms with Gasteiger partial charge in [-0.25, -0.2) is 4.99 Å². The van der Waals surface area contributed by atoms with Crippen LogP contribution in [0.4, 0.5) is 0 Å². The molecule has 1 N–H and O–H groups in total. The van der Waals surface area contributed by atoms with Crippen molar-refractivity contribution >= 4 is 5.90 Å². The molecular formula is C10H11NO2. The molecule has 13 heavy (non-hydrogen) atoms. The third-order valence-electron chi connectivity index (χ3n) is 2.12. The normalized spacial score (nSPS) is 15.3. The van der Waals surface area contributed by atoms with Gasteiger partial charge in [0.1, 0.15) is 12.4 Å². The van der Waals surface area contributed by atoms with Crippen molar-refractivity contribution in [2.75, 3.05) is 13.2 Å². The minimum Gasteiger partial charge on any atom is -0.508 e. The third-order valence-corrected chi connectivity index (χ3v) is 2.12. The summed E-state index contributed by atoms with van der Waals surface area (Å²) in [5, 5.41) is 9.45. The molecule has 0 aliphatic carbocycles. The molecule has 68 valence electrons. The first-order valence-corrected chi connectivity index (χ1v) is 4.25. The van der Waals surface area contributed by atoms with Gasteiger partial charge in [0.25, 0.3) is 0 Å². The molecule has 1 heterocycles. The van der Waals surface area contributed by atoms with E-state index in [-0.39, 0.29) is 5.75 Å². The molecule has 1 aromatic rings. The second-order valence-corrected chi connectivity index (χ2v) is 2.99. The van der Waals surface area contributed by atoms with E-state index in [1.807, 2.05) is 13.0 Å². The van der Waals surface area contributed by atoms with Crippen molar-refractivity contribution < 1.29 is 9.84 Å². The van der Waals surface area contributed by atoms with Crippen molar-refractivity contribution in [2.24, 2.45) is 4.99 Å². The fourth-order valence-corrected chi connectivity index (χ4v) is 1.35. The molecule has 1 aliphatic rings. The zero-order valence-corrected chi connectivity index (χ0v) is 7.45. The Kier molecular flexibility index (Phi) is 1.93. The van der Waals surface area contributed by atoms with Crippen molar-refractivity contribution in [1.82, 2.24) is 0 Å². The molecule has 0 unspecified atom stereocenters. The van der Waals surface area contributed by atoms with Gasteiger partial charge < -0.3 is 9.84 Å². The monoisotopic (exact) mass is 177 g/mol. The number of phenols is 1. The highest BCUT2D eigenvalue weighted by Crippen LogP contribution is 2.21. The van der Waals surface area contributed by atoms with E-state index in [0.29, 0.717) is 19.0 Å². The summed E-state index contributed by atoms with van der Waals surface area (Å²) in [5.74, 6) is 0.934. The minimum atomic E-state index is 0.288. The van der Waals surface area contributed by atoms with Gasteiger partial charge in [-0.3, -0.25) is 0 Å². The molecule has 0 saturated heterocycles. The van der Waals surface area contributed by atoms with Crippen LogP contribution in [-0.4, -0.2) is 24.2 Å². The quantitative estimate of drug-likeness (QED) is 0.705. The Morgan fingerprint density at radius 3 is 3.00 bits per heavy atom. The highest BCUT2D eigenvalue weighted by molar-refractivity contribution is 5.96. The highest BCUT2D eigenvalue weighted by Gasteiger charge is 2.13. The fourth-order valence-electron chi connectivity index (χ4n) is 1.35. The number of hydrogen-bond acceptors (Lipinski definition) is 3. The molecule has 0 atom stereocenters. The average Bonchev–Trinajstić information content (AvgIpc) is 2.62. The fraction of sp³-hybridized carbons (Fsp3) is 0.300. The SMILES string of the molecule is Cc1c(O)cccc1C1=NCCO1. The molecule has 2 rings (SSSR count). The van der Waals surface area contributed by atoms with Crippen molar-refractivity contribution in [3.8, 4) is 5.75 Å². The van der Waals surface area contributed by atoms with Crippen LogP contribution < -0.4 is 0 Å². The van der Waals surface area contributed by atoms with Gasteiger partial charge in [-0.1, -0.05) is 6.07 Å². The Morgan fingerprint density at radius 2 is 2.31 bits per heavy atom. The Morgan fingerprint density at radius 1 is 1.46 bits per heavy atom. The van der Waals surface area contributed by atoms with Crippen LogP contribution in [0.5, 0.6) is 5.75 Å². The first-order chi connectivity index (χ1) is 6.29. The van der Waals surface area contributed by atoms with E-state index in [4.69, 9.17) is 4.74 Å². The van der Waals surface area contributed by atoms with E-state index in [1.54, 1.807) is 12.1 Å². The maximum absolute atomic E-state index is 9.45. The molecule has 3 heteroatoms. The van der Waals surface area contributed by atoms with Gasteiger partial charge in [-0.05, 0) is 19.1 Å². The summed E-state index contributed by atoms with van der Waals surface area (Å²) in [7, 11) is 0. The molecule has 3 nitrogen and oxygen atoms in total. The van der Waals surface area contributed by atoms with E-state index in [2.05, 4.69) is 4.99 Å². The number of benzene rings is 1. The number of hydrogen-bond donors (Lipinski definition) is 1. The molecule has 0 bridgehead atoms. The maximum Gasteiger partial charge on any atom is 0.216 e. The molecule has 1 aliphatic heterocycles. The van der Waals surface area contributed by atoms with E-state index < -0.39 is 0 Å². The average molecular weight is 177 g/mol. The second kappa shape index (κ2) is 3.09. The lowest BCUT2D eigenvalue weighted by Gasteiger charge is -2.06. The summed E-state index contributed by atoms with van der Waals surface area (Å²) < 4.78 is 5.31. The minimum absolute atomic E-state index is 0.288. The standard InChI is InChI=1S/C10H11NO2/c1-7-8(3-2-4-9(7)12)10-11-5-6-13-10/h2-4,12H,5-6H2,1H3. The van der Waals surface area contributed by atoms with Crippen molar-refractivity contribution in [2.45, 2.75) is 6.92 Å². The van der Waals surface area contributed by atoms with Crippen LogP contribution in [0, 0.1) is 6.92 Å². The lowest BCUT2D eigenvalue weighted by Crippen LogP contribution is -2.03. The number of ether oxygens (including phenoxy) is 1. The van der Waals surface area contributed by atoms with Crippen LogP contribution >= 0.6 is 0 Å². The van der Waals surface area contributed by atoms with Gasteiger partial charge in [0.15, 0.2) is 0 Å². The summed E-state index contributed by atoms with van der Waals surface area (Å²) in [4.78, 5) is 4.19. The second-order valence-electron chi connectivity index (χ2n) is 2.99. The molecule has 0 amide bonds. The van der Waals surface area contributed by atoms with Crippen LogP contribution in [0.1, 0.15) is 11.1 Å². The van der Waals surface area contributed by atoms with Crippen LogP contribution in [0.25, 0.3) is 0 Å². The lowest BCUT2D eigenvalue weighted by atomic mass is 10.1. The van der Waals surface area contributed by atoms with Crippen LogP contribution in [0.15, 0.2) is 23.2 Å². The highest BCUT2D eigenvalue weighted by atomic mass is 16.5. The largest absolute Gasteiger partial charge is 0.508 e. The Bertz CT molecular complexity index is 358. The van der Waals surface area contributed by atoms with Crippen molar-refractivity contribution in [3.05, 3.63) is 29.3 Å². The first-order valence-electron chi connectivity index (χ1n) is 4.25. The Balaban J connectivity index is 2.45. The molecule has 0 saturated carbocycles. The summed E-state index contributed by atoms with van der Waals surface area (Å²) in [6.45, 7) is 3.21. The number of nitrogens with zero attached hydrogens (tertiary/aromatic N) is 1. The zero-order valence-electron chi connectivity index (χ0n) is 7.45. The van der Waals surface area contributed by atoms with Gasteiger partial charge >= 0.3 is 0 Å². The Labute approximate surface area is 76.7 Å². The predicted octanol–water partition coefficient (Wildman–Crippen LogP) is 1.48. The topological polar surface area (TPSA) is 41.8 Å². The van der Waals surface area contributed by atoms with Crippen LogP contribution in [0.2, 0.25) is 0 Å². The van der Waals surface area contributed by atoms with Crippen molar-refractivity contribution in [3.63, 3.8) is 0 Å². The van der Waals surface area contributed by atoms with Gasteiger partial charge in [0.2, 0.25) is 5.90 Å². The predicted molar refractivity (Wildman–Crippen MR) is 50.2 cm³/mol. The molecule has 0 spiro atoms. The van der Waals surface area contributed by atoms with Gasteiger partial charge in [-0.15, -0.1) is 0 Å². The van der Waals surface area contributed by atoms with E-state index in [1.165, 1.54) is 0 Å². The van der Waals surface area contributed by atoms with Crippen LogP contribution in [-0.2, 0) is 4.74 Å². The van der Waals surface area contributed by atoms with Gasteiger partial charge in [0, 0.05) is 11.1 Å². The first kappa shape index (κ1) is 8.10. The van der Waals surface area contributed by atoms with Crippen LogP contribution in [0.3, 0.4) is 0 Å². The molecule has 1 aromatic carbocycles. The van der Waals surface area contributed by atoms with Crippen molar-refractivity contribution in [1.29, 1.82) is 0 Å². The molecule has 0 fully saturated rings. The smallest absolute Gasteiger partial charge is 0.216 e.